The fraction of sp³-hybridized carbons (Fsp3) is 0.786. The molecule has 1 saturated carbocycles. The van der Waals surface area contributed by atoms with E-state index in [9.17, 15) is 8.42 Å². The number of nitrogen functional groups attached to an aromatic ring is 1. The minimum absolute atomic E-state index is 0.0997. The number of nitrogens with two attached hydrogens (primary N) is 1. The molecule has 6 nitrogen and oxygen atoms in total. The quantitative estimate of drug-likeness (QED) is 0.873. The van der Waals surface area contributed by atoms with Crippen LogP contribution in [-0.4, -0.2) is 35.1 Å². The largest absolute Gasteiger partial charge is 0.381 e. The van der Waals surface area contributed by atoms with E-state index in [0.29, 0.717) is 13.1 Å². The van der Waals surface area contributed by atoms with Crippen LogP contribution >= 0.6 is 0 Å². The van der Waals surface area contributed by atoms with Crippen molar-refractivity contribution in [2.24, 2.45) is 0 Å². The third-order valence-electron chi connectivity index (χ3n) is 4.09. The van der Waals surface area contributed by atoms with Crippen molar-refractivity contribution in [1.82, 2.24) is 14.1 Å². The van der Waals surface area contributed by atoms with Crippen LogP contribution in [0.25, 0.3) is 0 Å². The highest BCUT2D eigenvalue weighted by Gasteiger charge is 2.33. The molecule has 1 aliphatic rings. The molecule has 0 radical (unpaired) electrons. The Kier molecular flexibility index (Phi) is 5.27. The predicted molar refractivity (Wildman–Crippen MR) is 83.4 cm³/mol. The molecule has 0 amide bonds. The number of aromatic nitrogens is 2. The van der Waals surface area contributed by atoms with E-state index in [4.69, 9.17) is 5.73 Å². The summed E-state index contributed by atoms with van der Waals surface area (Å²) in [6.45, 7) is 5.06. The molecule has 2 rings (SSSR count). The Balaban J connectivity index is 2.30. The highest BCUT2D eigenvalue weighted by molar-refractivity contribution is 7.89. The maximum absolute atomic E-state index is 12.9. The summed E-state index contributed by atoms with van der Waals surface area (Å²) >= 11 is 0. The van der Waals surface area contributed by atoms with Crippen molar-refractivity contribution < 1.29 is 8.42 Å². The Labute approximate surface area is 127 Å². The Bertz CT molecular complexity index is 562. The number of hydrogen-bond acceptors (Lipinski definition) is 4. The van der Waals surface area contributed by atoms with Gasteiger partial charge in [-0.05, 0) is 19.3 Å². The van der Waals surface area contributed by atoms with E-state index in [1.54, 1.807) is 15.2 Å². The lowest BCUT2D eigenvalue weighted by atomic mass is 9.95. The molecule has 7 heteroatoms. The first-order valence-corrected chi connectivity index (χ1v) is 9.29. The number of rotatable bonds is 6. The molecule has 0 bridgehead atoms. The highest BCUT2D eigenvalue weighted by Crippen LogP contribution is 2.29. The predicted octanol–water partition coefficient (Wildman–Crippen LogP) is 2.22. The van der Waals surface area contributed by atoms with Gasteiger partial charge in [0.15, 0.2) is 5.82 Å². The highest BCUT2D eigenvalue weighted by atomic mass is 32.2. The van der Waals surface area contributed by atoms with Crippen LogP contribution in [0.15, 0.2) is 11.1 Å². The molecule has 2 N–H and O–H groups in total. The van der Waals surface area contributed by atoms with Gasteiger partial charge in [-0.2, -0.15) is 9.40 Å². The third kappa shape index (κ3) is 3.40. The minimum Gasteiger partial charge on any atom is -0.381 e. The molecule has 0 aliphatic heterocycles. The monoisotopic (exact) mass is 314 g/mol. The van der Waals surface area contributed by atoms with Crippen LogP contribution in [-0.2, 0) is 16.6 Å². The third-order valence-corrected chi connectivity index (χ3v) is 6.13. The maximum atomic E-state index is 12.9. The second-order valence-corrected chi connectivity index (χ2v) is 7.50. The molecule has 0 unspecified atom stereocenters. The number of nitrogens with zero attached hydrogens (tertiary/aromatic N) is 3. The summed E-state index contributed by atoms with van der Waals surface area (Å²) in [7, 11) is -3.55. The van der Waals surface area contributed by atoms with Crippen LogP contribution in [0.5, 0.6) is 0 Å². The van der Waals surface area contributed by atoms with Gasteiger partial charge in [0.25, 0.3) is 0 Å². The number of aryl methyl sites for hydroxylation is 1. The molecule has 0 spiro atoms. The second-order valence-electron chi connectivity index (χ2n) is 5.64. The molecule has 120 valence electrons. The smallest absolute Gasteiger partial charge is 0.248 e. The molecule has 1 heterocycles. The summed E-state index contributed by atoms with van der Waals surface area (Å²) in [4.78, 5) is 0.156. The Morgan fingerprint density at radius 2 is 2.00 bits per heavy atom. The summed E-state index contributed by atoms with van der Waals surface area (Å²) in [5.74, 6) is 0.109. The molecular weight excluding hydrogens is 288 g/mol. The maximum Gasteiger partial charge on any atom is 0.248 e. The summed E-state index contributed by atoms with van der Waals surface area (Å²) in [5.41, 5.74) is 5.84. The summed E-state index contributed by atoms with van der Waals surface area (Å²) in [6, 6.07) is 0.0997. The van der Waals surface area contributed by atoms with Crippen LogP contribution in [0.3, 0.4) is 0 Å². The number of anilines is 1. The van der Waals surface area contributed by atoms with Crippen molar-refractivity contribution >= 4 is 15.8 Å². The fourth-order valence-corrected chi connectivity index (χ4v) is 4.84. The van der Waals surface area contributed by atoms with E-state index in [-0.39, 0.29) is 16.8 Å². The minimum atomic E-state index is -3.55. The molecule has 0 atom stereocenters. The standard InChI is InChI=1S/C14H26N4O2S/c1-3-10-17-11-13(14(15)16-17)21(19,20)18(4-2)12-8-6-5-7-9-12/h11-12H,3-10H2,1-2H3,(H2,15,16). The first kappa shape index (κ1) is 16.3. The summed E-state index contributed by atoms with van der Waals surface area (Å²) in [6.07, 6.45) is 7.74. The van der Waals surface area contributed by atoms with Gasteiger partial charge in [-0.25, -0.2) is 8.42 Å². The lowest BCUT2D eigenvalue weighted by Crippen LogP contribution is -2.41. The SMILES string of the molecule is CCCn1cc(S(=O)(=O)N(CC)C2CCCCC2)c(N)n1. The molecule has 1 aliphatic carbocycles. The molecule has 0 saturated heterocycles. The zero-order valence-corrected chi connectivity index (χ0v) is 13.8. The van der Waals surface area contributed by atoms with Crippen molar-refractivity contribution in [3.05, 3.63) is 6.20 Å². The number of hydrogen-bond donors (Lipinski definition) is 1. The topological polar surface area (TPSA) is 81.2 Å². The first-order valence-electron chi connectivity index (χ1n) is 7.85. The van der Waals surface area contributed by atoms with E-state index in [1.807, 2.05) is 13.8 Å². The molecule has 1 aromatic heterocycles. The normalized spacial score (nSPS) is 17.5. The van der Waals surface area contributed by atoms with Crippen molar-refractivity contribution in [2.75, 3.05) is 12.3 Å². The van der Waals surface area contributed by atoms with Gasteiger partial charge in [0.05, 0.1) is 0 Å². The van der Waals surface area contributed by atoms with Crippen molar-refractivity contribution in [2.45, 2.75) is 69.9 Å². The van der Waals surface area contributed by atoms with Gasteiger partial charge in [-0.1, -0.05) is 33.1 Å². The van der Waals surface area contributed by atoms with Crippen LogP contribution in [0.2, 0.25) is 0 Å². The van der Waals surface area contributed by atoms with Gasteiger partial charge < -0.3 is 5.73 Å². The van der Waals surface area contributed by atoms with E-state index in [0.717, 1.165) is 32.1 Å². The lowest BCUT2D eigenvalue weighted by molar-refractivity contribution is 0.261. The Morgan fingerprint density at radius 3 is 2.57 bits per heavy atom. The van der Waals surface area contributed by atoms with Crippen molar-refractivity contribution in [1.29, 1.82) is 0 Å². The zero-order valence-electron chi connectivity index (χ0n) is 13.0. The average molecular weight is 314 g/mol. The fourth-order valence-electron chi connectivity index (χ4n) is 3.08. The second kappa shape index (κ2) is 6.79. The van der Waals surface area contributed by atoms with Gasteiger partial charge in [-0.15, -0.1) is 0 Å². The van der Waals surface area contributed by atoms with Crippen LogP contribution in [0.1, 0.15) is 52.4 Å². The first-order chi connectivity index (χ1) is 10.0. The Morgan fingerprint density at radius 1 is 1.33 bits per heavy atom. The molecule has 0 aromatic carbocycles. The van der Waals surface area contributed by atoms with E-state index in [1.165, 1.54) is 6.42 Å². The average Bonchev–Trinajstić information content (AvgIpc) is 2.82. The van der Waals surface area contributed by atoms with Crippen LogP contribution < -0.4 is 5.73 Å². The van der Waals surface area contributed by atoms with E-state index < -0.39 is 10.0 Å². The van der Waals surface area contributed by atoms with Gasteiger partial charge in [-0.3, -0.25) is 4.68 Å². The number of sulfonamides is 1. The Hall–Kier alpha value is -1.08. The molecular formula is C14H26N4O2S. The summed E-state index contributed by atoms with van der Waals surface area (Å²) in [5, 5.41) is 4.12. The van der Waals surface area contributed by atoms with Crippen molar-refractivity contribution in [3.8, 4) is 0 Å². The van der Waals surface area contributed by atoms with E-state index >= 15 is 0 Å². The summed E-state index contributed by atoms with van der Waals surface area (Å²) < 4.78 is 29.0. The molecule has 1 aromatic rings. The van der Waals surface area contributed by atoms with Crippen LogP contribution in [0, 0.1) is 0 Å². The van der Waals surface area contributed by atoms with Crippen LogP contribution in [0.4, 0.5) is 5.82 Å². The van der Waals surface area contributed by atoms with E-state index in [2.05, 4.69) is 5.10 Å². The lowest BCUT2D eigenvalue weighted by Gasteiger charge is -2.32. The van der Waals surface area contributed by atoms with Crippen molar-refractivity contribution in [3.63, 3.8) is 0 Å². The molecule has 21 heavy (non-hydrogen) atoms. The van der Waals surface area contributed by atoms with Gasteiger partial charge >= 0.3 is 0 Å². The van der Waals surface area contributed by atoms with Gasteiger partial charge in [0, 0.05) is 25.3 Å². The zero-order chi connectivity index (χ0) is 15.5. The molecule has 1 fully saturated rings. The van der Waals surface area contributed by atoms with Gasteiger partial charge in [0.1, 0.15) is 4.90 Å². The van der Waals surface area contributed by atoms with Gasteiger partial charge in [0.2, 0.25) is 10.0 Å².